The summed E-state index contributed by atoms with van der Waals surface area (Å²) in [5.41, 5.74) is 0.422. The standard InChI is InChI=1S/C11H15ClO/c1-8(11(2,3)13)9-4-6-10(12)7-5-9/h4-8,13H,1-3H3/t8-/m0/s1. The van der Waals surface area contributed by atoms with Crippen LogP contribution in [0.15, 0.2) is 24.3 Å². The molecule has 1 atom stereocenters. The highest BCUT2D eigenvalue weighted by Crippen LogP contribution is 2.27. The molecule has 0 aliphatic carbocycles. The van der Waals surface area contributed by atoms with Crippen LogP contribution in [0, 0.1) is 0 Å². The van der Waals surface area contributed by atoms with Crippen LogP contribution in [0.2, 0.25) is 5.02 Å². The van der Waals surface area contributed by atoms with Gasteiger partial charge in [0, 0.05) is 10.9 Å². The summed E-state index contributed by atoms with van der Waals surface area (Å²) in [6.45, 7) is 5.63. The van der Waals surface area contributed by atoms with Crippen LogP contribution in [0.3, 0.4) is 0 Å². The van der Waals surface area contributed by atoms with Gasteiger partial charge in [-0.3, -0.25) is 0 Å². The lowest BCUT2D eigenvalue weighted by Gasteiger charge is -2.26. The van der Waals surface area contributed by atoms with E-state index in [9.17, 15) is 5.11 Å². The van der Waals surface area contributed by atoms with E-state index in [4.69, 9.17) is 11.6 Å². The fraction of sp³-hybridized carbons (Fsp3) is 0.455. The van der Waals surface area contributed by atoms with Gasteiger partial charge < -0.3 is 5.11 Å². The van der Waals surface area contributed by atoms with Crippen molar-refractivity contribution in [2.24, 2.45) is 0 Å². The van der Waals surface area contributed by atoms with Gasteiger partial charge in [-0.2, -0.15) is 0 Å². The molecule has 0 saturated heterocycles. The first kappa shape index (κ1) is 10.6. The summed E-state index contributed by atoms with van der Waals surface area (Å²) in [5.74, 6) is 0.116. The van der Waals surface area contributed by atoms with Crippen molar-refractivity contribution in [3.63, 3.8) is 0 Å². The molecule has 0 bridgehead atoms. The number of aliphatic hydroxyl groups is 1. The van der Waals surface area contributed by atoms with E-state index in [1.807, 2.05) is 45.0 Å². The highest BCUT2D eigenvalue weighted by atomic mass is 35.5. The minimum absolute atomic E-state index is 0.116. The predicted molar refractivity (Wildman–Crippen MR) is 56.2 cm³/mol. The molecule has 0 aliphatic heterocycles. The van der Waals surface area contributed by atoms with E-state index in [0.29, 0.717) is 0 Å². The topological polar surface area (TPSA) is 20.2 Å². The van der Waals surface area contributed by atoms with Crippen molar-refractivity contribution >= 4 is 11.6 Å². The average Bonchev–Trinajstić information content (AvgIpc) is 2.03. The highest BCUT2D eigenvalue weighted by Gasteiger charge is 2.23. The Balaban J connectivity index is 2.90. The minimum atomic E-state index is -0.687. The van der Waals surface area contributed by atoms with Crippen molar-refractivity contribution in [1.29, 1.82) is 0 Å². The van der Waals surface area contributed by atoms with E-state index < -0.39 is 5.60 Å². The molecule has 2 heteroatoms. The summed E-state index contributed by atoms with van der Waals surface area (Å²) in [6, 6.07) is 7.59. The molecule has 0 saturated carbocycles. The van der Waals surface area contributed by atoms with Crippen LogP contribution < -0.4 is 0 Å². The minimum Gasteiger partial charge on any atom is -0.390 e. The van der Waals surface area contributed by atoms with Crippen LogP contribution in [0.4, 0.5) is 0 Å². The number of rotatable bonds is 2. The number of hydrogen-bond acceptors (Lipinski definition) is 1. The maximum absolute atomic E-state index is 9.78. The molecule has 0 spiro atoms. The predicted octanol–water partition coefficient (Wildman–Crippen LogP) is 3.21. The molecule has 0 unspecified atom stereocenters. The highest BCUT2D eigenvalue weighted by molar-refractivity contribution is 6.30. The molecule has 0 amide bonds. The second-order valence-corrected chi connectivity index (χ2v) is 4.36. The average molecular weight is 199 g/mol. The molecule has 1 aromatic rings. The van der Waals surface area contributed by atoms with E-state index in [0.717, 1.165) is 10.6 Å². The zero-order valence-corrected chi connectivity index (χ0v) is 8.97. The molecule has 0 aromatic heterocycles. The molecule has 72 valence electrons. The molecule has 1 nitrogen and oxygen atoms in total. The van der Waals surface area contributed by atoms with Crippen LogP contribution >= 0.6 is 11.6 Å². The SMILES string of the molecule is C[C@@H](c1ccc(Cl)cc1)C(C)(C)O. The maximum atomic E-state index is 9.78. The summed E-state index contributed by atoms with van der Waals surface area (Å²) >= 11 is 5.77. The van der Waals surface area contributed by atoms with Gasteiger partial charge in [0.05, 0.1) is 5.60 Å². The molecule has 13 heavy (non-hydrogen) atoms. The Bertz CT molecular complexity index is 271. The van der Waals surface area contributed by atoms with Crippen LogP contribution in [-0.4, -0.2) is 10.7 Å². The van der Waals surface area contributed by atoms with E-state index in [-0.39, 0.29) is 5.92 Å². The molecular formula is C11H15ClO. The molecule has 0 radical (unpaired) electrons. The molecule has 1 N–H and O–H groups in total. The van der Waals surface area contributed by atoms with Gasteiger partial charge in [-0.25, -0.2) is 0 Å². The summed E-state index contributed by atoms with van der Waals surface area (Å²) in [5, 5.41) is 10.5. The molecular weight excluding hydrogens is 184 g/mol. The Morgan fingerprint density at radius 3 is 2.08 bits per heavy atom. The van der Waals surface area contributed by atoms with Gasteiger partial charge in [-0.15, -0.1) is 0 Å². The van der Waals surface area contributed by atoms with Gasteiger partial charge in [0.25, 0.3) is 0 Å². The van der Waals surface area contributed by atoms with Gasteiger partial charge in [0.1, 0.15) is 0 Å². The summed E-state index contributed by atoms with van der Waals surface area (Å²) in [6.07, 6.45) is 0. The van der Waals surface area contributed by atoms with Gasteiger partial charge in [0.15, 0.2) is 0 Å². The molecule has 0 heterocycles. The zero-order valence-electron chi connectivity index (χ0n) is 8.21. The van der Waals surface area contributed by atoms with Gasteiger partial charge in [-0.05, 0) is 31.5 Å². The zero-order chi connectivity index (χ0) is 10.1. The smallest absolute Gasteiger partial charge is 0.0657 e. The van der Waals surface area contributed by atoms with Crippen molar-refractivity contribution in [3.05, 3.63) is 34.9 Å². The maximum Gasteiger partial charge on any atom is 0.0657 e. The normalized spacial score (nSPS) is 14.2. The third-order valence-electron chi connectivity index (χ3n) is 2.43. The number of halogens is 1. The van der Waals surface area contributed by atoms with Gasteiger partial charge in [-0.1, -0.05) is 30.7 Å². The fourth-order valence-corrected chi connectivity index (χ4v) is 1.29. The third kappa shape index (κ3) is 2.71. The first-order valence-electron chi connectivity index (χ1n) is 4.39. The van der Waals surface area contributed by atoms with E-state index in [1.165, 1.54) is 0 Å². The largest absolute Gasteiger partial charge is 0.390 e. The first-order chi connectivity index (χ1) is 5.91. The quantitative estimate of drug-likeness (QED) is 0.774. The van der Waals surface area contributed by atoms with Crippen LogP contribution in [0.1, 0.15) is 32.3 Å². The molecule has 0 fully saturated rings. The molecule has 1 rings (SSSR count). The number of hydrogen-bond donors (Lipinski definition) is 1. The first-order valence-corrected chi connectivity index (χ1v) is 4.77. The van der Waals surface area contributed by atoms with Gasteiger partial charge in [0.2, 0.25) is 0 Å². The monoisotopic (exact) mass is 198 g/mol. The molecule has 1 aromatic carbocycles. The second kappa shape index (κ2) is 3.69. The van der Waals surface area contributed by atoms with E-state index in [1.54, 1.807) is 0 Å². The van der Waals surface area contributed by atoms with Crippen molar-refractivity contribution in [1.82, 2.24) is 0 Å². The summed E-state index contributed by atoms with van der Waals surface area (Å²) in [7, 11) is 0. The molecule has 0 aliphatic rings. The Kier molecular flexibility index (Phi) is 2.99. The Morgan fingerprint density at radius 1 is 1.23 bits per heavy atom. The van der Waals surface area contributed by atoms with E-state index in [2.05, 4.69) is 0 Å². The lowest BCUT2D eigenvalue weighted by molar-refractivity contribution is 0.0559. The summed E-state index contributed by atoms with van der Waals surface area (Å²) < 4.78 is 0. The van der Waals surface area contributed by atoms with Crippen LogP contribution in [-0.2, 0) is 0 Å². The number of benzene rings is 1. The van der Waals surface area contributed by atoms with Crippen molar-refractivity contribution in [2.75, 3.05) is 0 Å². The Hall–Kier alpha value is -0.530. The van der Waals surface area contributed by atoms with Gasteiger partial charge >= 0.3 is 0 Å². The van der Waals surface area contributed by atoms with E-state index >= 15 is 0 Å². The second-order valence-electron chi connectivity index (χ2n) is 3.93. The fourth-order valence-electron chi connectivity index (χ4n) is 1.16. The van der Waals surface area contributed by atoms with Crippen molar-refractivity contribution < 1.29 is 5.11 Å². The van der Waals surface area contributed by atoms with Crippen LogP contribution in [0.5, 0.6) is 0 Å². The lowest BCUT2D eigenvalue weighted by Crippen LogP contribution is -2.26. The van der Waals surface area contributed by atoms with Crippen molar-refractivity contribution in [2.45, 2.75) is 32.3 Å². The summed E-state index contributed by atoms with van der Waals surface area (Å²) in [4.78, 5) is 0. The Morgan fingerprint density at radius 2 is 1.69 bits per heavy atom. The van der Waals surface area contributed by atoms with Crippen LogP contribution in [0.25, 0.3) is 0 Å². The third-order valence-corrected chi connectivity index (χ3v) is 2.68. The van der Waals surface area contributed by atoms with Crippen molar-refractivity contribution in [3.8, 4) is 0 Å². The Labute approximate surface area is 84.4 Å². The lowest BCUT2D eigenvalue weighted by atomic mass is 9.86.